The molecular formula is C36H44O20. The second kappa shape index (κ2) is 17.2. The van der Waals surface area contributed by atoms with Gasteiger partial charge >= 0.3 is 5.97 Å². The molecule has 3 saturated heterocycles. The molecular weight excluding hydrogens is 752 g/mol. The highest BCUT2D eigenvalue weighted by Gasteiger charge is 2.52. The Balaban J connectivity index is 1.30. The standard InChI is InChI=1S/C36H44O20/c1-13-25(40)28(43)31(46)34(51-13)50-12-23-27(42)30(45)33(56-35-32(47)29(44)26(41)22(54-35)11-49-14(2)37)36(55-23)52-17-8-18(38)24-19(39)10-20(53-21(24)9-17)15-4-6-16(48-3)7-5-15/h4-10,13,22-23,25-36,38,40-47H,11-12H2,1-3H3/t13-,22+,23+,25-,26-,27-,28+,29-,30-,31-,32+,33+,34+,35-,36+/m0/s1. The zero-order valence-corrected chi connectivity index (χ0v) is 30.1. The van der Waals surface area contributed by atoms with Crippen molar-refractivity contribution in [2.75, 3.05) is 20.3 Å². The first kappa shape index (κ1) is 41.6. The first-order valence-electron chi connectivity index (χ1n) is 17.5. The summed E-state index contributed by atoms with van der Waals surface area (Å²) >= 11 is 0. The average molecular weight is 797 g/mol. The van der Waals surface area contributed by atoms with Crippen molar-refractivity contribution in [2.45, 2.75) is 106 Å². The van der Waals surface area contributed by atoms with Gasteiger partial charge in [0.1, 0.15) is 102 Å². The van der Waals surface area contributed by atoms with E-state index < -0.39 is 122 Å². The number of hydrogen-bond donors (Lipinski definition) is 9. The van der Waals surface area contributed by atoms with E-state index in [9.17, 15) is 55.5 Å². The van der Waals surface area contributed by atoms with E-state index in [1.807, 2.05) is 0 Å². The molecule has 0 bridgehead atoms. The van der Waals surface area contributed by atoms with Crippen LogP contribution in [0.2, 0.25) is 0 Å². The quantitative estimate of drug-likeness (QED) is 0.0914. The lowest BCUT2D eigenvalue weighted by atomic mass is 9.97. The largest absolute Gasteiger partial charge is 0.507 e. The van der Waals surface area contributed by atoms with Gasteiger partial charge in [0.05, 0.1) is 19.8 Å². The van der Waals surface area contributed by atoms with Crippen LogP contribution in [0.3, 0.4) is 0 Å². The minimum atomic E-state index is -1.97. The Bertz CT molecular complexity index is 1870. The summed E-state index contributed by atoms with van der Waals surface area (Å²) in [5, 5.41) is 95.8. The van der Waals surface area contributed by atoms with Gasteiger partial charge in [0.2, 0.25) is 6.29 Å². The maximum atomic E-state index is 13.1. The predicted octanol–water partition coefficient (Wildman–Crippen LogP) is -2.40. The molecule has 20 nitrogen and oxygen atoms in total. The zero-order valence-electron chi connectivity index (χ0n) is 30.1. The predicted molar refractivity (Wildman–Crippen MR) is 184 cm³/mol. The van der Waals surface area contributed by atoms with Crippen molar-refractivity contribution in [2.24, 2.45) is 0 Å². The SMILES string of the molecule is COc1ccc(-c2cc(=O)c3c(O)cc(O[C@@H]4O[C@H](CO[C@@H]5O[C@@H](C)[C@H](O)[C@@H](O)[C@@H]5O)[C@H](O)[C@H](O)[C@H]4O[C@@H]4O[C@H](COC(C)=O)[C@H](O)[C@H](O)[C@H]4O)cc3o2)cc1. The molecule has 15 atom stereocenters. The van der Waals surface area contributed by atoms with Crippen LogP contribution in [0.25, 0.3) is 22.3 Å². The van der Waals surface area contributed by atoms with E-state index in [1.54, 1.807) is 24.3 Å². The number of esters is 1. The van der Waals surface area contributed by atoms with E-state index in [0.29, 0.717) is 11.3 Å². The Morgan fingerprint density at radius 1 is 0.714 bits per heavy atom. The third kappa shape index (κ3) is 8.62. The summed E-state index contributed by atoms with van der Waals surface area (Å²) in [6.07, 6.45) is -25.1. The van der Waals surface area contributed by atoms with E-state index >= 15 is 0 Å². The molecule has 3 aliphatic heterocycles. The molecule has 0 amide bonds. The lowest BCUT2D eigenvalue weighted by molar-refractivity contribution is -0.362. The molecule has 20 heteroatoms. The fourth-order valence-electron chi connectivity index (χ4n) is 6.49. The van der Waals surface area contributed by atoms with Crippen molar-refractivity contribution in [1.29, 1.82) is 0 Å². The summed E-state index contributed by atoms with van der Waals surface area (Å²) in [7, 11) is 1.49. The van der Waals surface area contributed by atoms with E-state index in [0.717, 1.165) is 13.0 Å². The average Bonchev–Trinajstić information content (AvgIpc) is 3.17. The van der Waals surface area contributed by atoms with Crippen molar-refractivity contribution in [1.82, 2.24) is 0 Å². The summed E-state index contributed by atoms with van der Waals surface area (Å²) in [4.78, 5) is 24.5. The number of hydrogen-bond acceptors (Lipinski definition) is 20. The Morgan fingerprint density at radius 3 is 2.02 bits per heavy atom. The van der Waals surface area contributed by atoms with Gasteiger partial charge in [-0.2, -0.15) is 0 Å². The maximum Gasteiger partial charge on any atom is 0.302 e. The second-order valence-corrected chi connectivity index (χ2v) is 13.6. The molecule has 9 N–H and O–H groups in total. The molecule has 3 aliphatic rings. The van der Waals surface area contributed by atoms with Crippen molar-refractivity contribution in [3.05, 3.63) is 52.7 Å². The first-order valence-corrected chi connectivity index (χ1v) is 17.5. The van der Waals surface area contributed by atoms with Crippen LogP contribution in [0.1, 0.15) is 13.8 Å². The number of rotatable bonds is 11. The van der Waals surface area contributed by atoms with Gasteiger partial charge in [0.25, 0.3) is 0 Å². The molecule has 0 aliphatic carbocycles. The number of aliphatic hydroxyl groups is 8. The van der Waals surface area contributed by atoms with Crippen LogP contribution in [0.15, 0.2) is 51.7 Å². The molecule has 2 aromatic carbocycles. The number of carbonyl (C=O) groups is 1. The van der Waals surface area contributed by atoms with Crippen LogP contribution in [0.4, 0.5) is 0 Å². The van der Waals surface area contributed by atoms with Crippen LogP contribution in [0.5, 0.6) is 17.2 Å². The molecule has 0 spiro atoms. The molecule has 1 aromatic heterocycles. The lowest BCUT2D eigenvalue weighted by Gasteiger charge is -2.46. The monoisotopic (exact) mass is 796 g/mol. The Labute approximate surface area is 317 Å². The van der Waals surface area contributed by atoms with Crippen molar-refractivity contribution in [3.8, 4) is 28.6 Å². The molecule has 56 heavy (non-hydrogen) atoms. The molecule has 0 unspecified atom stereocenters. The molecule has 3 fully saturated rings. The lowest BCUT2D eigenvalue weighted by Crippen LogP contribution is -2.65. The Hall–Kier alpha value is -4.00. The molecule has 308 valence electrons. The number of phenolic OH excluding ortho intramolecular Hbond substituents is 1. The minimum Gasteiger partial charge on any atom is -0.507 e. The summed E-state index contributed by atoms with van der Waals surface area (Å²) in [6.45, 7) is 1.33. The summed E-state index contributed by atoms with van der Waals surface area (Å²) in [5.74, 6) is -0.861. The zero-order chi connectivity index (χ0) is 40.6. The van der Waals surface area contributed by atoms with Gasteiger partial charge < -0.3 is 88.3 Å². The van der Waals surface area contributed by atoms with E-state index in [4.69, 9.17) is 42.3 Å². The molecule has 6 rings (SSSR count). The van der Waals surface area contributed by atoms with E-state index in [1.165, 1.54) is 26.2 Å². The van der Waals surface area contributed by atoms with E-state index in [-0.39, 0.29) is 22.5 Å². The number of methoxy groups -OCH3 is 1. The normalized spacial score (nSPS) is 36.2. The highest BCUT2D eigenvalue weighted by molar-refractivity contribution is 5.86. The maximum absolute atomic E-state index is 13.1. The van der Waals surface area contributed by atoms with Gasteiger partial charge in [-0.05, 0) is 31.2 Å². The van der Waals surface area contributed by atoms with Gasteiger partial charge in [0, 0.05) is 30.7 Å². The van der Waals surface area contributed by atoms with Gasteiger partial charge in [-0.15, -0.1) is 0 Å². The second-order valence-electron chi connectivity index (χ2n) is 13.6. The van der Waals surface area contributed by atoms with Gasteiger partial charge in [-0.25, -0.2) is 0 Å². The number of carbonyl (C=O) groups excluding carboxylic acids is 1. The number of aromatic hydroxyl groups is 1. The van der Waals surface area contributed by atoms with E-state index in [2.05, 4.69) is 0 Å². The Kier molecular flexibility index (Phi) is 12.8. The molecule has 4 heterocycles. The summed E-state index contributed by atoms with van der Waals surface area (Å²) in [6, 6.07) is 10.0. The van der Waals surface area contributed by atoms with Crippen molar-refractivity contribution >= 4 is 16.9 Å². The number of fused-ring (bicyclic) bond motifs is 1. The van der Waals surface area contributed by atoms with Gasteiger partial charge in [0.15, 0.2) is 24.1 Å². The molecule has 0 saturated carbocycles. The number of ether oxygens (including phenoxy) is 8. The third-order valence-corrected chi connectivity index (χ3v) is 9.70. The highest BCUT2D eigenvalue weighted by atomic mass is 16.8. The first-order chi connectivity index (χ1) is 26.6. The molecule has 3 aromatic rings. The fourth-order valence-corrected chi connectivity index (χ4v) is 6.49. The molecule has 0 radical (unpaired) electrons. The Morgan fingerprint density at radius 2 is 1.34 bits per heavy atom. The summed E-state index contributed by atoms with van der Waals surface area (Å²) < 4.78 is 50.5. The number of benzene rings is 2. The van der Waals surface area contributed by atoms with Crippen molar-refractivity contribution < 1.29 is 93.1 Å². The number of aliphatic hydroxyl groups excluding tert-OH is 8. The van der Waals surface area contributed by atoms with Crippen molar-refractivity contribution in [3.63, 3.8) is 0 Å². The minimum absolute atomic E-state index is 0.124. The highest BCUT2D eigenvalue weighted by Crippen LogP contribution is 2.36. The summed E-state index contributed by atoms with van der Waals surface area (Å²) in [5.41, 5.74) is -0.242. The van der Waals surface area contributed by atoms with Gasteiger partial charge in [-0.1, -0.05) is 0 Å². The van der Waals surface area contributed by atoms with Crippen LogP contribution < -0.4 is 14.9 Å². The fraction of sp³-hybridized carbons (Fsp3) is 0.556. The van der Waals surface area contributed by atoms with Crippen LogP contribution >= 0.6 is 0 Å². The number of phenols is 1. The van der Waals surface area contributed by atoms with Crippen LogP contribution in [-0.2, 0) is 33.2 Å². The smallest absolute Gasteiger partial charge is 0.302 e. The third-order valence-electron chi connectivity index (χ3n) is 9.70. The topological polar surface area (TPSA) is 303 Å². The van der Waals surface area contributed by atoms with Crippen LogP contribution in [0, 0.1) is 0 Å². The van der Waals surface area contributed by atoms with Crippen LogP contribution in [-0.4, -0.2) is 164 Å². The van der Waals surface area contributed by atoms with Gasteiger partial charge in [-0.3, -0.25) is 9.59 Å².